The van der Waals surface area contributed by atoms with Gasteiger partial charge in [0.25, 0.3) is 21.8 Å². The predicted octanol–water partition coefficient (Wildman–Crippen LogP) is 2.73. The highest BCUT2D eigenvalue weighted by molar-refractivity contribution is 7.92. The van der Waals surface area contributed by atoms with Crippen molar-refractivity contribution in [1.82, 2.24) is 15.5 Å². The summed E-state index contributed by atoms with van der Waals surface area (Å²) in [6.07, 6.45) is -0.186. The van der Waals surface area contributed by atoms with Gasteiger partial charge in [0.05, 0.1) is 16.3 Å². The van der Waals surface area contributed by atoms with Gasteiger partial charge in [0.1, 0.15) is 23.2 Å². The number of rotatable bonds is 11. The number of carboxylic acid groups (broad SMARTS) is 1. The lowest BCUT2D eigenvalue weighted by atomic mass is 10.0. The summed E-state index contributed by atoms with van der Waals surface area (Å²) in [7, 11) is -2.81. The molecule has 1 atom stereocenters. The maximum absolute atomic E-state index is 15.0. The molecule has 1 aliphatic heterocycles. The average molecular weight is 658 g/mol. The predicted molar refractivity (Wildman–Crippen MR) is 161 cm³/mol. The fourth-order valence-electron chi connectivity index (χ4n) is 4.56. The number of halogens is 2. The van der Waals surface area contributed by atoms with Crippen molar-refractivity contribution in [3.8, 4) is 0 Å². The van der Waals surface area contributed by atoms with E-state index in [1.807, 2.05) is 4.72 Å². The quantitative estimate of drug-likeness (QED) is 0.243. The Kier molecular flexibility index (Phi) is 10.00. The summed E-state index contributed by atoms with van der Waals surface area (Å²) in [6, 6.07) is 9.51. The van der Waals surface area contributed by atoms with Gasteiger partial charge in [0, 0.05) is 38.5 Å². The number of amides is 5. The van der Waals surface area contributed by atoms with Gasteiger partial charge in [-0.15, -0.1) is 0 Å². The average Bonchev–Trinajstić information content (AvgIpc) is 2.99. The molecule has 1 saturated heterocycles. The maximum Gasteiger partial charge on any atom is 0.331 e. The highest BCUT2D eigenvalue weighted by Crippen LogP contribution is 2.24. The van der Waals surface area contributed by atoms with Crippen LogP contribution in [0, 0.1) is 11.6 Å². The first-order chi connectivity index (χ1) is 21.7. The van der Waals surface area contributed by atoms with Crippen LogP contribution in [-0.2, 0) is 26.0 Å². The molecule has 4 N–H and O–H groups in total. The Balaban J connectivity index is 1.46. The molecule has 0 unspecified atom stereocenters. The number of anilines is 2. The number of imide groups is 1. The molecule has 0 bridgehead atoms. The second-order valence-electron chi connectivity index (χ2n) is 10.2. The number of carboxylic acids is 1. The second-order valence-corrected chi connectivity index (χ2v) is 11.9. The lowest BCUT2D eigenvalue weighted by molar-refractivity contribution is -0.139. The normalized spacial score (nSPS) is 14.1. The van der Waals surface area contributed by atoms with E-state index in [2.05, 4.69) is 10.6 Å². The first kappa shape index (κ1) is 33.5. The van der Waals surface area contributed by atoms with Crippen molar-refractivity contribution < 1.29 is 46.3 Å². The smallest absolute Gasteiger partial charge is 0.331 e. The van der Waals surface area contributed by atoms with Gasteiger partial charge >= 0.3 is 12.0 Å². The number of carbonyl (C=O) groups excluding carboxylic acids is 4. The molecule has 16 heteroatoms. The number of hydrogen-bond acceptors (Lipinski definition) is 7. The second kappa shape index (κ2) is 13.7. The van der Waals surface area contributed by atoms with Crippen molar-refractivity contribution in [3.63, 3.8) is 0 Å². The largest absolute Gasteiger partial charge is 0.480 e. The molecule has 0 spiro atoms. The van der Waals surface area contributed by atoms with E-state index in [0.29, 0.717) is 24.2 Å². The van der Waals surface area contributed by atoms with Crippen molar-refractivity contribution in [2.75, 3.05) is 29.8 Å². The molecule has 1 aliphatic rings. The number of nitrogens with one attached hydrogen (secondary N) is 3. The number of urea groups is 1. The van der Waals surface area contributed by atoms with E-state index in [0.717, 1.165) is 17.0 Å². The van der Waals surface area contributed by atoms with E-state index >= 15 is 0 Å². The minimum Gasteiger partial charge on any atom is -0.480 e. The third-order valence-corrected chi connectivity index (χ3v) is 8.35. The van der Waals surface area contributed by atoms with Gasteiger partial charge in [-0.2, -0.15) is 0 Å². The van der Waals surface area contributed by atoms with Crippen molar-refractivity contribution in [2.45, 2.75) is 30.7 Å². The summed E-state index contributed by atoms with van der Waals surface area (Å²) in [6.45, 7) is 2.35. The summed E-state index contributed by atoms with van der Waals surface area (Å²) in [5, 5.41) is 14.3. The highest BCUT2D eigenvalue weighted by Gasteiger charge is 2.31. The zero-order valence-corrected chi connectivity index (χ0v) is 25.4. The van der Waals surface area contributed by atoms with Gasteiger partial charge in [0.15, 0.2) is 0 Å². The number of aliphatic carboxylic acids is 1. The number of sulfonamides is 1. The molecule has 46 heavy (non-hydrogen) atoms. The van der Waals surface area contributed by atoms with Crippen molar-refractivity contribution in [1.29, 1.82) is 0 Å². The van der Waals surface area contributed by atoms with Crippen LogP contribution in [0.2, 0.25) is 0 Å². The fraction of sp³-hybridized carbons (Fsp3) is 0.233. The van der Waals surface area contributed by atoms with Gasteiger partial charge < -0.3 is 20.6 Å². The summed E-state index contributed by atoms with van der Waals surface area (Å²) >= 11 is 0. The number of carbonyl (C=O) groups is 5. The van der Waals surface area contributed by atoms with E-state index in [9.17, 15) is 46.3 Å². The van der Waals surface area contributed by atoms with E-state index < -0.39 is 68.7 Å². The van der Waals surface area contributed by atoms with Gasteiger partial charge in [-0.05, 0) is 61.0 Å². The van der Waals surface area contributed by atoms with E-state index in [4.69, 9.17) is 0 Å². The number of hydrogen-bond donors (Lipinski definition) is 4. The van der Waals surface area contributed by atoms with Crippen LogP contribution in [0.3, 0.4) is 0 Å². The molecule has 5 amide bonds. The van der Waals surface area contributed by atoms with Crippen molar-refractivity contribution in [2.24, 2.45) is 0 Å². The molecular weight excluding hydrogens is 628 g/mol. The van der Waals surface area contributed by atoms with Crippen LogP contribution >= 0.6 is 0 Å². The van der Waals surface area contributed by atoms with Crippen LogP contribution in [0.1, 0.15) is 39.6 Å². The maximum atomic E-state index is 15.0. The monoisotopic (exact) mass is 657 g/mol. The SMILES string of the molecule is CCNC(=O)c1ccc(S(=O)(=O)Nc2cc(F)c(C(=O)N[C@@H](Cc3ccc(N4C(=O)CCN(C)C4=O)cc3)C(=O)O)c(F)c2)cc1. The lowest BCUT2D eigenvalue weighted by Gasteiger charge is -2.31. The highest BCUT2D eigenvalue weighted by atomic mass is 32.2. The van der Waals surface area contributed by atoms with Crippen LogP contribution in [-0.4, -0.2) is 74.3 Å². The Bertz CT molecular complexity index is 1780. The summed E-state index contributed by atoms with van der Waals surface area (Å²) < 4.78 is 57.4. The molecule has 242 valence electrons. The first-order valence-electron chi connectivity index (χ1n) is 13.8. The molecule has 3 aromatic rings. The van der Waals surface area contributed by atoms with E-state index in [1.54, 1.807) is 14.0 Å². The zero-order valence-electron chi connectivity index (χ0n) is 24.5. The Labute approximate surface area is 262 Å². The number of benzene rings is 3. The number of nitrogens with zero attached hydrogens (tertiary/aromatic N) is 2. The van der Waals surface area contributed by atoms with Crippen molar-refractivity contribution in [3.05, 3.63) is 89.0 Å². The molecule has 1 heterocycles. The van der Waals surface area contributed by atoms with Crippen LogP contribution in [0.4, 0.5) is 25.0 Å². The first-order valence-corrected chi connectivity index (χ1v) is 15.3. The molecule has 0 aliphatic carbocycles. The molecule has 13 nitrogen and oxygen atoms in total. The Morgan fingerprint density at radius 3 is 2.13 bits per heavy atom. The molecule has 0 radical (unpaired) electrons. The Morgan fingerprint density at radius 1 is 0.957 bits per heavy atom. The summed E-state index contributed by atoms with van der Waals surface area (Å²) in [5.74, 6) is -6.66. The Hall–Kier alpha value is -5.38. The molecule has 1 fully saturated rings. The van der Waals surface area contributed by atoms with Crippen LogP contribution in [0.25, 0.3) is 0 Å². The lowest BCUT2D eigenvalue weighted by Crippen LogP contribution is -2.50. The van der Waals surface area contributed by atoms with Crippen LogP contribution < -0.4 is 20.3 Å². The van der Waals surface area contributed by atoms with Gasteiger partial charge in [-0.1, -0.05) is 12.1 Å². The topological polar surface area (TPSA) is 182 Å². The standard InChI is InChI=1S/C30H29F2N5O8S/c1-3-33-27(39)18-6-10-21(11-7-18)46(44,45)35-19-15-22(31)26(23(32)16-19)28(40)34-24(29(41)42)14-17-4-8-20(9-5-17)37-25(38)12-13-36(2)30(37)43/h4-11,15-16,24,35H,3,12-14H2,1-2H3,(H,33,39)(H,34,40)(H,41,42)/t24-/m0/s1. The molecular formula is C30H29F2N5O8S. The van der Waals surface area contributed by atoms with Gasteiger partial charge in [-0.3, -0.25) is 19.1 Å². The van der Waals surface area contributed by atoms with E-state index in [-0.39, 0.29) is 35.5 Å². The third-order valence-electron chi connectivity index (χ3n) is 6.95. The molecule has 0 aromatic heterocycles. The minimum absolute atomic E-state index is 0.130. The van der Waals surface area contributed by atoms with Crippen LogP contribution in [0.15, 0.2) is 65.6 Å². The molecule has 3 aromatic carbocycles. The van der Waals surface area contributed by atoms with Gasteiger partial charge in [-0.25, -0.2) is 31.7 Å². The fourth-order valence-corrected chi connectivity index (χ4v) is 5.60. The summed E-state index contributed by atoms with van der Waals surface area (Å²) in [4.78, 5) is 63.3. The van der Waals surface area contributed by atoms with Crippen molar-refractivity contribution >= 4 is 51.1 Å². The molecule has 4 rings (SSSR count). The van der Waals surface area contributed by atoms with E-state index in [1.165, 1.54) is 41.3 Å². The minimum atomic E-state index is -4.35. The third kappa shape index (κ3) is 7.46. The van der Waals surface area contributed by atoms with Gasteiger partial charge in [0.2, 0.25) is 5.91 Å². The molecule has 0 saturated carbocycles. The summed E-state index contributed by atoms with van der Waals surface area (Å²) in [5.41, 5.74) is -0.861. The Morgan fingerprint density at radius 2 is 1.57 bits per heavy atom. The van der Waals surface area contributed by atoms with Crippen LogP contribution in [0.5, 0.6) is 0 Å². The zero-order chi connectivity index (χ0) is 33.8.